The van der Waals surface area contributed by atoms with Gasteiger partial charge >= 0.3 is 0 Å². The van der Waals surface area contributed by atoms with Gasteiger partial charge in [-0.1, -0.05) is 32.6 Å². The van der Waals surface area contributed by atoms with E-state index in [1.54, 1.807) is 11.3 Å². The monoisotopic (exact) mass is 276 g/mol. The van der Waals surface area contributed by atoms with E-state index in [2.05, 4.69) is 22.9 Å². The zero-order valence-electron chi connectivity index (χ0n) is 8.50. The second-order valence-electron chi connectivity index (χ2n) is 3.51. The van der Waals surface area contributed by atoms with Crippen LogP contribution in [-0.2, 0) is 0 Å². The van der Waals surface area contributed by atoms with Gasteiger partial charge < -0.3 is 5.11 Å². The molecule has 0 spiro atoms. The van der Waals surface area contributed by atoms with Crippen molar-refractivity contribution in [1.82, 2.24) is 0 Å². The molecule has 1 unspecified atom stereocenters. The molecule has 0 aliphatic rings. The summed E-state index contributed by atoms with van der Waals surface area (Å²) in [6, 6.07) is 3.99. The lowest BCUT2D eigenvalue weighted by atomic mass is 10.1. The van der Waals surface area contributed by atoms with Crippen LogP contribution in [-0.4, -0.2) is 5.11 Å². The Morgan fingerprint density at radius 2 is 2.14 bits per heavy atom. The molecule has 80 valence electrons. The van der Waals surface area contributed by atoms with E-state index in [1.807, 2.05) is 12.1 Å². The summed E-state index contributed by atoms with van der Waals surface area (Å²) < 4.78 is 1.10. The molecule has 1 N–H and O–H groups in total. The normalized spacial score (nSPS) is 13.1. The van der Waals surface area contributed by atoms with Crippen LogP contribution >= 0.6 is 27.3 Å². The maximum atomic E-state index is 9.82. The van der Waals surface area contributed by atoms with Crippen molar-refractivity contribution in [3.63, 3.8) is 0 Å². The third-order valence-corrected chi connectivity index (χ3v) is 3.98. The number of thiophene rings is 1. The molecule has 1 rings (SSSR count). The van der Waals surface area contributed by atoms with E-state index in [0.29, 0.717) is 0 Å². The topological polar surface area (TPSA) is 20.2 Å². The maximum absolute atomic E-state index is 9.82. The molecule has 0 aromatic carbocycles. The second kappa shape index (κ2) is 6.59. The van der Waals surface area contributed by atoms with Gasteiger partial charge in [0.2, 0.25) is 0 Å². The van der Waals surface area contributed by atoms with Crippen LogP contribution in [0.2, 0.25) is 0 Å². The highest BCUT2D eigenvalue weighted by Gasteiger charge is 2.08. The molecule has 14 heavy (non-hydrogen) atoms. The van der Waals surface area contributed by atoms with Gasteiger partial charge in [0, 0.05) is 4.88 Å². The summed E-state index contributed by atoms with van der Waals surface area (Å²) in [4.78, 5) is 1.08. The van der Waals surface area contributed by atoms with E-state index in [0.717, 1.165) is 21.5 Å². The summed E-state index contributed by atoms with van der Waals surface area (Å²) in [7, 11) is 0. The van der Waals surface area contributed by atoms with Gasteiger partial charge in [-0.2, -0.15) is 0 Å². The minimum Gasteiger partial charge on any atom is -0.388 e. The Balaban J connectivity index is 2.25. The molecule has 1 heterocycles. The van der Waals surface area contributed by atoms with Crippen molar-refractivity contribution in [3.8, 4) is 0 Å². The summed E-state index contributed by atoms with van der Waals surface area (Å²) in [5.74, 6) is 0. The average molecular weight is 277 g/mol. The number of halogens is 1. The molecule has 0 fully saturated rings. The van der Waals surface area contributed by atoms with Crippen LogP contribution in [0.15, 0.2) is 15.9 Å². The van der Waals surface area contributed by atoms with Gasteiger partial charge in [0.05, 0.1) is 9.89 Å². The van der Waals surface area contributed by atoms with E-state index in [1.165, 1.54) is 19.3 Å². The molecule has 1 aromatic rings. The standard InChI is InChI=1S/C11H17BrOS/c1-2-3-4-5-6-9(13)10-7-8-11(12)14-10/h7-9,13H,2-6H2,1H3. The lowest BCUT2D eigenvalue weighted by Gasteiger charge is -2.07. The predicted octanol–water partition coefficient (Wildman–Crippen LogP) is 4.51. The van der Waals surface area contributed by atoms with Gasteiger partial charge in [-0.25, -0.2) is 0 Å². The SMILES string of the molecule is CCCCCCC(O)c1ccc(Br)s1. The number of hydrogen-bond donors (Lipinski definition) is 1. The molecule has 0 radical (unpaired) electrons. The van der Waals surface area contributed by atoms with Gasteiger partial charge in [0.15, 0.2) is 0 Å². The minimum atomic E-state index is -0.261. The highest BCUT2D eigenvalue weighted by atomic mass is 79.9. The molecule has 0 saturated carbocycles. The zero-order chi connectivity index (χ0) is 10.4. The largest absolute Gasteiger partial charge is 0.388 e. The predicted molar refractivity (Wildman–Crippen MR) is 65.7 cm³/mol. The van der Waals surface area contributed by atoms with Crippen LogP contribution in [0.25, 0.3) is 0 Å². The van der Waals surface area contributed by atoms with Crippen molar-refractivity contribution in [2.45, 2.75) is 45.1 Å². The molecule has 0 bridgehead atoms. The average Bonchev–Trinajstić information content (AvgIpc) is 2.59. The van der Waals surface area contributed by atoms with Gasteiger partial charge in [0.25, 0.3) is 0 Å². The fourth-order valence-electron chi connectivity index (χ4n) is 1.41. The van der Waals surface area contributed by atoms with E-state index in [9.17, 15) is 5.11 Å². The van der Waals surface area contributed by atoms with Crippen LogP contribution in [0.4, 0.5) is 0 Å². The first kappa shape index (κ1) is 12.2. The summed E-state index contributed by atoms with van der Waals surface area (Å²) >= 11 is 5.03. The molecule has 0 aliphatic carbocycles. The van der Waals surface area contributed by atoms with Gasteiger partial charge in [-0.15, -0.1) is 11.3 Å². The van der Waals surface area contributed by atoms with E-state index < -0.39 is 0 Å². The highest BCUT2D eigenvalue weighted by Crippen LogP contribution is 2.29. The number of rotatable bonds is 6. The highest BCUT2D eigenvalue weighted by molar-refractivity contribution is 9.11. The van der Waals surface area contributed by atoms with Gasteiger partial charge in [-0.05, 0) is 34.5 Å². The molecule has 0 saturated heterocycles. The molecule has 1 nitrogen and oxygen atoms in total. The molecular weight excluding hydrogens is 260 g/mol. The smallest absolute Gasteiger partial charge is 0.0882 e. The van der Waals surface area contributed by atoms with E-state index in [4.69, 9.17) is 0 Å². The molecule has 0 aliphatic heterocycles. The van der Waals surface area contributed by atoms with Gasteiger partial charge in [-0.3, -0.25) is 0 Å². The number of hydrogen-bond acceptors (Lipinski definition) is 2. The first-order valence-electron chi connectivity index (χ1n) is 5.17. The number of unbranched alkanes of at least 4 members (excludes halogenated alkanes) is 3. The van der Waals surface area contributed by atoms with Crippen molar-refractivity contribution in [2.75, 3.05) is 0 Å². The Kier molecular flexibility index (Phi) is 5.75. The maximum Gasteiger partial charge on any atom is 0.0882 e. The van der Waals surface area contributed by atoms with E-state index >= 15 is 0 Å². The Bertz CT molecular complexity index is 260. The lowest BCUT2D eigenvalue weighted by Crippen LogP contribution is -1.93. The molecule has 3 heteroatoms. The van der Waals surface area contributed by atoms with Crippen LogP contribution in [0.5, 0.6) is 0 Å². The molecule has 1 atom stereocenters. The first-order valence-corrected chi connectivity index (χ1v) is 6.78. The van der Waals surface area contributed by atoms with Crippen LogP contribution in [0.1, 0.15) is 50.0 Å². The summed E-state index contributed by atoms with van der Waals surface area (Å²) in [6.45, 7) is 2.20. The first-order chi connectivity index (χ1) is 6.74. The fraction of sp³-hybridized carbons (Fsp3) is 0.636. The lowest BCUT2D eigenvalue weighted by molar-refractivity contribution is 0.167. The Labute approximate surface area is 98.3 Å². The Morgan fingerprint density at radius 1 is 1.36 bits per heavy atom. The summed E-state index contributed by atoms with van der Waals surface area (Å²) in [6.07, 6.45) is 5.53. The van der Waals surface area contributed by atoms with Crippen LogP contribution < -0.4 is 0 Å². The summed E-state index contributed by atoms with van der Waals surface area (Å²) in [5.41, 5.74) is 0. The van der Waals surface area contributed by atoms with E-state index in [-0.39, 0.29) is 6.10 Å². The summed E-state index contributed by atoms with van der Waals surface area (Å²) in [5, 5.41) is 9.82. The third-order valence-electron chi connectivity index (χ3n) is 2.25. The van der Waals surface area contributed by atoms with Crippen LogP contribution in [0.3, 0.4) is 0 Å². The second-order valence-corrected chi connectivity index (χ2v) is 6.00. The Hall–Kier alpha value is 0.140. The van der Waals surface area contributed by atoms with Crippen LogP contribution in [0, 0.1) is 0 Å². The quantitative estimate of drug-likeness (QED) is 0.758. The van der Waals surface area contributed by atoms with Crippen molar-refractivity contribution in [1.29, 1.82) is 0 Å². The van der Waals surface area contributed by atoms with Crippen molar-refractivity contribution in [3.05, 3.63) is 20.8 Å². The van der Waals surface area contributed by atoms with Gasteiger partial charge in [0.1, 0.15) is 0 Å². The number of aliphatic hydroxyl groups is 1. The third kappa shape index (κ3) is 4.11. The minimum absolute atomic E-state index is 0.261. The Morgan fingerprint density at radius 3 is 2.71 bits per heavy atom. The zero-order valence-corrected chi connectivity index (χ0v) is 10.9. The van der Waals surface area contributed by atoms with Crippen molar-refractivity contribution >= 4 is 27.3 Å². The molecule has 0 amide bonds. The molecular formula is C11H17BrOS. The van der Waals surface area contributed by atoms with Crippen molar-refractivity contribution < 1.29 is 5.11 Å². The molecule has 1 aromatic heterocycles. The fourth-order valence-corrected chi connectivity index (χ4v) is 2.86. The van der Waals surface area contributed by atoms with Crippen molar-refractivity contribution in [2.24, 2.45) is 0 Å². The number of aliphatic hydroxyl groups excluding tert-OH is 1.